The average Bonchev–Trinajstić information content (AvgIpc) is 1.95. The lowest BCUT2D eigenvalue weighted by atomic mass is 10.3. The quantitative estimate of drug-likeness (QED) is 0.626. The number of hydrogen-bond donors (Lipinski definition) is 1. The van der Waals surface area contributed by atoms with Gasteiger partial charge < -0.3 is 4.89 Å². The summed E-state index contributed by atoms with van der Waals surface area (Å²) in [6.07, 6.45) is 0. The summed E-state index contributed by atoms with van der Waals surface area (Å²) in [6.45, 7) is 0. The molecule has 0 saturated heterocycles. The molecule has 0 atom stereocenters. The zero-order valence-corrected chi connectivity index (χ0v) is 8.02. The summed E-state index contributed by atoms with van der Waals surface area (Å²) in [7, 11) is 0. The van der Waals surface area contributed by atoms with E-state index in [0.29, 0.717) is 10.2 Å². The molecule has 0 radical (unpaired) electrons. The van der Waals surface area contributed by atoms with Crippen LogP contribution in [-0.2, 0) is 0 Å². The predicted molar refractivity (Wildman–Crippen MR) is 45.1 cm³/mol. The van der Waals surface area contributed by atoms with Crippen molar-refractivity contribution in [2.75, 3.05) is 0 Å². The number of benzene rings is 1. The molecule has 0 aliphatic carbocycles. The van der Waals surface area contributed by atoms with E-state index in [2.05, 4.69) is 36.7 Å². The fourth-order valence-electron chi connectivity index (χ4n) is 0.555. The van der Waals surface area contributed by atoms with Crippen LogP contribution in [0.15, 0.2) is 27.1 Å². The van der Waals surface area contributed by atoms with Gasteiger partial charge in [0.25, 0.3) is 0 Å². The van der Waals surface area contributed by atoms with Crippen LogP contribution < -0.4 is 4.89 Å². The molecule has 1 N–H and O–H groups in total. The van der Waals surface area contributed by atoms with Crippen LogP contribution in [0.25, 0.3) is 0 Å². The summed E-state index contributed by atoms with van der Waals surface area (Å²) in [6, 6.07) is 5.25. The lowest BCUT2D eigenvalue weighted by molar-refractivity contribution is -0.138. The minimum absolute atomic E-state index is 0.398. The maximum absolute atomic E-state index is 8.29. The minimum Gasteiger partial charge on any atom is -0.339 e. The van der Waals surface area contributed by atoms with Crippen LogP contribution in [0.1, 0.15) is 0 Å². The van der Waals surface area contributed by atoms with Crippen molar-refractivity contribution in [1.29, 1.82) is 0 Å². The number of halogens is 2. The monoisotopic (exact) mass is 266 g/mol. The number of rotatable bonds is 1. The van der Waals surface area contributed by atoms with Gasteiger partial charge in [0.05, 0.1) is 4.47 Å². The normalized spacial score (nSPS) is 9.50. The van der Waals surface area contributed by atoms with E-state index in [-0.39, 0.29) is 0 Å². The first kappa shape index (κ1) is 8.04. The standard InChI is InChI=1S/C6H4Br2O2/c7-4-2-1-3-5(10-9)6(4)8/h1-3,9H. The summed E-state index contributed by atoms with van der Waals surface area (Å²) < 4.78 is 1.55. The molecule has 4 heteroatoms. The van der Waals surface area contributed by atoms with Gasteiger partial charge in [0, 0.05) is 4.47 Å². The number of hydrogen-bond acceptors (Lipinski definition) is 2. The van der Waals surface area contributed by atoms with Crippen molar-refractivity contribution in [2.45, 2.75) is 0 Å². The SMILES string of the molecule is OOc1cccc(Br)c1Br. The Morgan fingerprint density at radius 2 is 2.00 bits per heavy atom. The maximum atomic E-state index is 8.29. The first-order valence-electron chi connectivity index (χ1n) is 2.51. The first-order chi connectivity index (χ1) is 4.75. The molecule has 0 bridgehead atoms. The molecule has 0 spiro atoms. The highest BCUT2D eigenvalue weighted by molar-refractivity contribution is 9.13. The third-order valence-corrected chi connectivity index (χ3v) is 3.03. The maximum Gasteiger partial charge on any atom is 0.180 e. The van der Waals surface area contributed by atoms with E-state index in [9.17, 15) is 0 Å². The van der Waals surface area contributed by atoms with Gasteiger partial charge in [0.1, 0.15) is 0 Å². The van der Waals surface area contributed by atoms with Crippen molar-refractivity contribution < 1.29 is 10.1 Å². The Labute approximate surface area is 75.0 Å². The molecule has 1 rings (SSSR count). The second-order valence-corrected chi connectivity index (χ2v) is 3.29. The van der Waals surface area contributed by atoms with Crippen LogP contribution >= 0.6 is 31.9 Å². The van der Waals surface area contributed by atoms with Crippen molar-refractivity contribution in [2.24, 2.45) is 0 Å². The third-order valence-electron chi connectivity index (χ3n) is 1.01. The fraction of sp³-hybridized carbons (Fsp3) is 0. The van der Waals surface area contributed by atoms with Crippen LogP contribution in [-0.4, -0.2) is 5.26 Å². The van der Waals surface area contributed by atoms with E-state index >= 15 is 0 Å². The molecule has 0 amide bonds. The van der Waals surface area contributed by atoms with Gasteiger partial charge in [-0.05, 0) is 44.0 Å². The van der Waals surface area contributed by atoms with E-state index in [0.717, 1.165) is 4.47 Å². The summed E-state index contributed by atoms with van der Waals surface area (Å²) in [5, 5.41) is 8.29. The summed E-state index contributed by atoms with van der Waals surface area (Å²) >= 11 is 6.46. The predicted octanol–water partition coefficient (Wildman–Crippen LogP) is 3.06. The molecule has 1 aromatic carbocycles. The van der Waals surface area contributed by atoms with Crippen molar-refractivity contribution in [3.63, 3.8) is 0 Å². The average molecular weight is 268 g/mol. The molecule has 54 valence electrons. The van der Waals surface area contributed by atoms with E-state index in [4.69, 9.17) is 5.26 Å². The minimum atomic E-state index is 0.398. The van der Waals surface area contributed by atoms with Crippen LogP contribution in [0, 0.1) is 0 Å². The third kappa shape index (κ3) is 1.51. The molecular formula is C6H4Br2O2. The molecule has 0 fully saturated rings. The highest BCUT2D eigenvalue weighted by atomic mass is 79.9. The molecule has 1 aromatic rings. The van der Waals surface area contributed by atoms with Crippen LogP contribution in [0.4, 0.5) is 0 Å². The van der Waals surface area contributed by atoms with Gasteiger partial charge in [-0.2, -0.15) is 0 Å². The smallest absolute Gasteiger partial charge is 0.180 e. The molecule has 0 aromatic heterocycles. The molecule has 10 heavy (non-hydrogen) atoms. The second kappa shape index (κ2) is 3.37. The Balaban J connectivity index is 3.14. The van der Waals surface area contributed by atoms with Crippen molar-refractivity contribution in [3.05, 3.63) is 27.1 Å². The first-order valence-corrected chi connectivity index (χ1v) is 4.09. The highest BCUT2D eigenvalue weighted by Crippen LogP contribution is 2.31. The zero-order chi connectivity index (χ0) is 7.56. The zero-order valence-electron chi connectivity index (χ0n) is 4.84. The Kier molecular flexibility index (Phi) is 2.71. The van der Waals surface area contributed by atoms with Crippen molar-refractivity contribution >= 4 is 31.9 Å². The highest BCUT2D eigenvalue weighted by Gasteiger charge is 2.02. The second-order valence-electron chi connectivity index (χ2n) is 1.64. The Bertz CT molecular complexity index is 237. The van der Waals surface area contributed by atoms with Crippen molar-refractivity contribution in [1.82, 2.24) is 0 Å². The molecule has 0 aliphatic rings. The molecule has 0 unspecified atom stereocenters. The van der Waals surface area contributed by atoms with Crippen molar-refractivity contribution in [3.8, 4) is 5.75 Å². The largest absolute Gasteiger partial charge is 0.339 e. The topological polar surface area (TPSA) is 29.5 Å². The van der Waals surface area contributed by atoms with Crippen LogP contribution in [0.2, 0.25) is 0 Å². The lowest BCUT2D eigenvalue weighted by Crippen LogP contribution is -1.84. The molecule has 2 nitrogen and oxygen atoms in total. The van der Waals surface area contributed by atoms with Gasteiger partial charge >= 0.3 is 0 Å². The van der Waals surface area contributed by atoms with Gasteiger partial charge in [0.2, 0.25) is 0 Å². The van der Waals surface area contributed by atoms with E-state index < -0.39 is 0 Å². The fourth-order valence-corrected chi connectivity index (χ4v) is 1.24. The Morgan fingerprint density at radius 3 is 2.50 bits per heavy atom. The molecule has 0 aliphatic heterocycles. The van der Waals surface area contributed by atoms with Crippen LogP contribution in [0.5, 0.6) is 5.75 Å². The molecule has 0 heterocycles. The van der Waals surface area contributed by atoms with Gasteiger partial charge in [-0.15, -0.1) is 0 Å². The molecule has 0 saturated carbocycles. The van der Waals surface area contributed by atoms with Gasteiger partial charge in [-0.25, -0.2) is 5.26 Å². The van der Waals surface area contributed by atoms with E-state index in [1.165, 1.54) is 0 Å². The van der Waals surface area contributed by atoms with Gasteiger partial charge in [0.15, 0.2) is 5.75 Å². The summed E-state index contributed by atoms with van der Waals surface area (Å²) in [5.74, 6) is 0.398. The summed E-state index contributed by atoms with van der Waals surface area (Å²) in [5.41, 5.74) is 0. The van der Waals surface area contributed by atoms with E-state index in [1.807, 2.05) is 6.07 Å². The molecular weight excluding hydrogens is 264 g/mol. The van der Waals surface area contributed by atoms with Gasteiger partial charge in [-0.3, -0.25) is 0 Å². The summed E-state index contributed by atoms with van der Waals surface area (Å²) in [4.78, 5) is 4.05. The van der Waals surface area contributed by atoms with Gasteiger partial charge in [-0.1, -0.05) is 6.07 Å². The Morgan fingerprint density at radius 1 is 1.30 bits per heavy atom. The van der Waals surface area contributed by atoms with E-state index in [1.54, 1.807) is 12.1 Å². The lowest BCUT2D eigenvalue weighted by Gasteiger charge is -1.99. The van der Waals surface area contributed by atoms with Crippen LogP contribution in [0.3, 0.4) is 0 Å². The Hall–Kier alpha value is -0.0600.